The highest BCUT2D eigenvalue weighted by Crippen LogP contribution is 2.27. The van der Waals surface area contributed by atoms with Crippen LogP contribution in [0.1, 0.15) is 0 Å². The lowest BCUT2D eigenvalue weighted by Crippen LogP contribution is -1.82. The molecule has 3 aromatic rings. The molecule has 0 unspecified atom stereocenters. The van der Waals surface area contributed by atoms with Crippen LogP contribution in [0.2, 0.25) is 5.15 Å². The van der Waals surface area contributed by atoms with Gasteiger partial charge in [-0.3, -0.25) is 0 Å². The molecule has 19 heavy (non-hydrogen) atoms. The Bertz CT molecular complexity index is 695. The molecule has 0 aliphatic rings. The van der Waals surface area contributed by atoms with Crippen molar-refractivity contribution in [1.82, 2.24) is 15.0 Å². The zero-order chi connectivity index (χ0) is 12.5. The molecule has 98 valence electrons. The Morgan fingerprint density at radius 3 is 2.53 bits per heavy atom. The van der Waals surface area contributed by atoms with E-state index in [1.807, 2.05) is 30.3 Å². The molecule has 1 N–H and O–H groups in total. The number of nitrogens with one attached hydrogen (secondary N) is 1. The molecule has 3 rings (SSSR count). The first kappa shape index (κ1) is 13.6. The fourth-order valence-corrected chi connectivity index (χ4v) is 2.02. The van der Waals surface area contributed by atoms with Crippen molar-refractivity contribution < 1.29 is 4.74 Å². The summed E-state index contributed by atoms with van der Waals surface area (Å²) in [7, 11) is 1.65. The van der Waals surface area contributed by atoms with Crippen LogP contribution >= 0.6 is 24.0 Å². The van der Waals surface area contributed by atoms with E-state index in [0.29, 0.717) is 5.15 Å². The molecule has 0 aliphatic carbocycles. The molecule has 2 heterocycles. The van der Waals surface area contributed by atoms with Crippen LogP contribution in [0.4, 0.5) is 0 Å². The third-order valence-corrected chi connectivity index (χ3v) is 3.06. The normalized spacial score (nSPS) is 10.2. The molecule has 4 nitrogen and oxygen atoms in total. The van der Waals surface area contributed by atoms with Gasteiger partial charge in [0.25, 0.3) is 0 Å². The van der Waals surface area contributed by atoms with Gasteiger partial charge in [0.2, 0.25) is 0 Å². The predicted octanol–water partition coefficient (Wildman–Crippen LogP) is 3.71. The maximum atomic E-state index is 6.00. The van der Waals surface area contributed by atoms with E-state index in [-0.39, 0.29) is 12.4 Å². The van der Waals surface area contributed by atoms with Crippen molar-refractivity contribution in [3.05, 3.63) is 41.8 Å². The lowest BCUT2D eigenvalue weighted by Gasteiger charge is -2.01. The molecule has 1 aromatic carbocycles. The molecule has 0 bridgehead atoms. The van der Waals surface area contributed by atoms with Crippen molar-refractivity contribution in [2.24, 2.45) is 0 Å². The molecule has 0 amide bonds. The monoisotopic (exact) mass is 295 g/mol. The van der Waals surface area contributed by atoms with Gasteiger partial charge in [0, 0.05) is 5.69 Å². The van der Waals surface area contributed by atoms with Crippen molar-refractivity contribution in [3.8, 4) is 17.0 Å². The summed E-state index contributed by atoms with van der Waals surface area (Å²) in [5, 5.41) is 0.430. The number of nitrogens with zero attached hydrogens (tertiary/aromatic N) is 2. The molecule has 0 aliphatic heterocycles. The number of hydrogen-bond donors (Lipinski definition) is 1. The largest absolute Gasteiger partial charge is 0.497 e. The SMILES string of the molecule is COc1ccc(-c2cc3ncnc(Cl)c3[nH]2)cc1.Cl. The number of aromatic amines is 1. The van der Waals surface area contributed by atoms with E-state index in [0.717, 1.165) is 28.0 Å². The molecular weight excluding hydrogens is 285 g/mol. The summed E-state index contributed by atoms with van der Waals surface area (Å²) in [6.07, 6.45) is 1.45. The van der Waals surface area contributed by atoms with E-state index in [1.165, 1.54) is 6.33 Å². The molecule has 0 atom stereocenters. The van der Waals surface area contributed by atoms with Crippen LogP contribution in [0.15, 0.2) is 36.7 Å². The predicted molar refractivity (Wildman–Crippen MR) is 78.1 cm³/mol. The minimum atomic E-state index is 0. The number of H-pyrrole nitrogens is 1. The lowest BCUT2D eigenvalue weighted by molar-refractivity contribution is 0.415. The van der Waals surface area contributed by atoms with E-state index in [1.54, 1.807) is 7.11 Å². The minimum Gasteiger partial charge on any atom is -0.497 e. The van der Waals surface area contributed by atoms with Gasteiger partial charge >= 0.3 is 0 Å². The number of benzene rings is 1. The van der Waals surface area contributed by atoms with Gasteiger partial charge < -0.3 is 9.72 Å². The zero-order valence-electron chi connectivity index (χ0n) is 10.1. The summed E-state index contributed by atoms with van der Waals surface area (Å²) in [5.41, 5.74) is 3.56. The van der Waals surface area contributed by atoms with E-state index in [9.17, 15) is 0 Å². The van der Waals surface area contributed by atoms with Gasteiger partial charge in [-0.2, -0.15) is 0 Å². The Morgan fingerprint density at radius 2 is 1.89 bits per heavy atom. The van der Waals surface area contributed by atoms with Crippen molar-refractivity contribution in [1.29, 1.82) is 0 Å². The van der Waals surface area contributed by atoms with Crippen LogP contribution in [0.5, 0.6) is 5.75 Å². The van der Waals surface area contributed by atoms with Gasteiger partial charge in [0.05, 0.1) is 12.6 Å². The second-order valence-corrected chi connectivity index (χ2v) is 4.19. The molecule has 6 heteroatoms. The van der Waals surface area contributed by atoms with Crippen molar-refractivity contribution in [2.45, 2.75) is 0 Å². The van der Waals surface area contributed by atoms with Crippen molar-refractivity contribution >= 4 is 35.0 Å². The number of halogens is 2. The van der Waals surface area contributed by atoms with E-state index in [4.69, 9.17) is 16.3 Å². The quantitative estimate of drug-likeness (QED) is 0.733. The fourth-order valence-electron chi connectivity index (χ4n) is 1.84. The topological polar surface area (TPSA) is 50.8 Å². The number of aromatic nitrogens is 3. The standard InChI is InChI=1S/C13H10ClN3O.ClH/c1-18-9-4-2-8(3-5-9)10-6-11-12(17-10)13(14)16-7-15-11;/h2-7,17H,1H3;1H. The van der Waals surface area contributed by atoms with E-state index < -0.39 is 0 Å². The van der Waals surface area contributed by atoms with Crippen LogP contribution in [0, 0.1) is 0 Å². The fraction of sp³-hybridized carbons (Fsp3) is 0.0769. The Kier molecular flexibility index (Phi) is 3.93. The summed E-state index contributed by atoms with van der Waals surface area (Å²) in [4.78, 5) is 11.3. The Hall–Kier alpha value is -1.78. The Balaban J connectivity index is 0.00000133. The van der Waals surface area contributed by atoms with Crippen LogP contribution in [0.3, 0.4) is 0 Å². The molecule has 0 saturated carbocycles. The number of rotatable bonds is 2. The second kappa shape index (κ2) is 5.47. The zero-order valence-corrected chi connectivity index (χ0v) is 11.6. The van der Waals surface area contributed by atoms with E-state index >= 15 is 0 Å². The van der Waals surface area contributed by atoms with Crippen molar-refractivity contribution in [3.63, 3.8) is 0 Å². The van der Waals surface area contributed by atoms with Crippen molar-refractivity contribution in [2.75, 3.05) is 7.11 Å². The molecule has 0 saturated heterocycles. The van der Waals surface area contributed by atoms with E-state index in [2.05, 4.69) is 15.0 Å². The Labute approximate surface area is 121 Å². The summed E-state index contributed by atoms with van der Waals surface area (Å²) >= 11 is 6.00. The lowest BCUT2D eigenvalue weighted by atomic mass is 10.1. The van der Waals surface area contributed by atoms with Gasteiger partial charge in [-0.05, 0) is 35.9 Å². The summed E-state index contributed by atoms with van der Waals surface area (Å²) in [5.74, 6) is 0.827. The first-order valence-electron chi connectivity index (χ1n) is 5.41. The molecular formula is C13H11Cl2N3O. The van der Waals surface area contributed by atoms with Crippen LogP contribution in [-0.4, -0.2) is 22.1 Å². The summed E-state index contributed by atoms with van der Waals surface area (Å²) in [6, 6.07) is 9.72. The Morgan fingerprint density at radius 1 is 1.16 bits per heavy atom. The molecule has 0 spiro atoms. The molecule has 0 radical (unpaired) electrons. The highest BCUT2D eigenvalue weighted by Gasteiger charge is 2.07. The summed E-state index contributed by atoms with van der Waals surface area (Å²) in [6.45, 7) is 0. The number of fused-ring (bicyclic) bond motifs is 1. The number of methoxy groups -OCH3 is 1. The molecule has 2 aromatic heterocycles. The highest BCUT2D eigenvalue weighted by atomic mass is 35.5. The number of hydrogen-bond acceptors (Lipinski definition) is 3. The highest BCUT2D eigenvalue weighted by molar-refractivity contribution is 6.33. The van der Waals surface area contributed by atoms with Crippen LogP contribution in [-0.2, 0) is 0 Å². The average Bonchev–Trinajstić information content (AvgIpc) is 2.84. The maximum absolute atomic E-state index is 6.00. The van der Waals surface area contributed by atoms with Crippen LogP contribution < -0.4 is 4.74 Å². The number of ether oxygens (including phenoxy) is 1. The first-order chi connectivity index (χ1) is 8.78. The van der Waals surface area contributed by atoms with Crippen LogP contribution in [0.25, 0.3) is 22.3 Å². The smallest absolute Gasteiger partial charge is 0.156 e. The summed E-state index contributed by atoms with van der Waals surface area (Å²) < 4.78 is 5.13. The second-order valence-electron chi connectivity index (χ2n) is 3.84. The minimum absolute atomic E-state index is 0. The van der Waals surface area contributed by atoms with Gasteiger partial charge in [-0.15, -0.1) is 12.4 Å². The molecule has 0 fully saturated rings. The third kappa shape index (κ3) is 2.50. The average molecular weight is 296 g/mol. The maximum Gasteiger partial charge on any atom is 0.156 e. The first-order valence-corrected chi connectivity index (χ1v) is 5.79. The van der Waals surface area contributed by atoms with Gasteiger partial charge in [0.15, 0.2) is 5.15 Å². The van der Waals surface area contributed by atoms with Gasteiger partial charge in [-0.25, -0.2) is 9.97 Å². The third-order valence-electron chi connectivity index (χ3n) is 2.77. The van der Waals surface area contributed by atoms with Gasteiger partial charge in [0.1, 0.15) is 17.6 Å². The van der Waals surface area contributed by atoms with Gasteiger partial charge in [-0.1, -0.05) is 11.6 Å².